The third-order valence-electron chi connectivity index (χ3n) is 5.67. The zero-order valence-corrected chi connectivity index (χ0v) is 18.4. The standard InChI is InChI=1S/C24H40O5/c1-4-5-8-11-18(25)14-15-20-19(12-9-6-7-10-13-23(27)28)21(16-22(20)26)24(29)17(2)3/h14-15,17-18,20,22,25-26H,4-13,16H2,1-3H3,(H,27,28)/b15-14+/t18-,20+,22+/m0/s1. The van der Waals surface area contributed by atoms with Crippen molar-refractivity contribution in [3.05, 3.63) is 23.3 Å². The number of aliphatic hydroxyl groups excluding tert-OH is 2. The first-order chi connectivity index (χ1) is 13.8. The van der Waals surface area contributed by atoms with E-state index in [1.165, 1.54) is 0 Å². The Kier molecular flexibility index (Phi) is 12.1. The molecule has 0 aromatic heterocycles. The van der Waals surface area contributed by atoms with Crippen molar-refractivity contribution in [3.63, 3.8) is 0 Å². The number of carbonyl (C=O) groups is 2. The molecule has 0 bridgehead atoms. The normalized spacial score (nSPS) is 20.8. The molecular weight excluding hydrogens is 368 g/mol. The molecular formula is C24H40O5. The van der Waals surface area contributed by atoms with Crippen LogP contribution in [0.15, 0.2) is 23.3 Å². The number of carboxylic acids is 1. The van der Waals surface area contributed by atoms with Gasteiger partial charge in [0.2, 0.25) is 0 Å². The molecule has 3 N–H and O–H groups in total. The van der Waals surface area contributed by atoms with E-state index >= 15 is 0 Å². The van der Waals surface area contributed by atoms with E-state index in [0.717, 1.165) is 56.1 Å². The molecule has 3 atom stereocenters. The number of aliphatic carboxylic acids is 1. The predicted molar refractivity (Wildman–Crippen MR) is 116 cm³/mol. The SMILES string of the molecule is CCCCC[C@H](O)/C=C/[C@@H]1C(CCCCCCC(=O)O)=C(C(=O)C(C)C)C[C@H]1O. The number of Topliss-reactive ketones (excluding diaryl/α,β-unsaturated/α-hetero) is 1. The smallest absolute Gasteiger partial charge is 0.303 e. The van der Waals surface area contributed by atoms with Crippen molar-refractivity contribution in [1.82, 2.24) is 0 Å². The second-order valence-corrected chi connectivity index (χ2v) is 8.58. The fourth-order valence-corrected chi connectivity index (χ4v) is 3.96. The van der Waals surface area contributed by atoms with Gasteiger partial charge in [0.15, 0.2) is 5.78 Å². The topological polar surface area (TPSA) is 94.8 Å². The highest BCUT2D eigenvalue weighted by Gasteiger charge is 2.35. The first kappa shape index (κ1) is 25.6. The third kappa shape index (κ3) is 9.26. The minimum Gasteiger partial charge on any atom is -0.481 e. The van der Waals surface area contributed by atoms with Crippen molar-refractivity contribution in [2.75, 3.05) is 0 Å². The van der Waals surface area contributed by atoms with Gasteiger partial charge in [-0.25, -0.2) is 0 Å². The Morgan fingerprint density at radius 3 is 2.41 bits per heavy atom. The number of unbranched alkanes of at least 4 members (excludes halogenated alkanes) is 5. The number of carboxylic acid groups (broad SMARTS) is 1. The maximum atomic E-state index is 12.7. The summed E-state index contributed by atoms with van der Waals surface area (Å²) < 4.78 is 0. The van der Waals surface area contributed by atoms with E-state index in [-0.39, 0.29) is 24.0 Å². The number of aliphatic hydroxyl groups is 2. The predicted octanol–water partition coefficient (Wildman–Crippen LogP) is 4.81. The van der Waals surface area contributed by atoms with Crippen LogP contribution < -0.4 is 0 Å². The summed E-state index contributed by atoms with van der Waals surface area (Å²) in [6, 6.07) is 0. The summed E-state index contributed by atoms with van der Waals surface area (Å²) >= 11 is 0. The monoisotopic (exact) mass is 408 g/mol. The molecule has 0 aromatic rings. The Morgan fingerprint density at radius 1 is 1.10 bits per heavy atom. The van der Waals surface area contributed by atoms with Gasteiger partial charge in [0, 0.05) is 24.7 Å². The van der Waals surface area contributed by atoms with Crippen molar-refractivity contribution in [2.24, 2.45) is 11.8 Å². The summed E-state index contributed by atoms with van der Waals surface area (Å²) in [5, 5.41) is 29.5. The van der Waals surface area contributed by atoms with E-state index in [4.69, 9.17) is 5.11 Å². The molecule has 166 valence electrons. The second kappa shape index (κ2) is 13.7. The van der Waals surface area contributed by atoms with Gasteiger partial charge in [-0.05, 0) is 31.3 Å². The molecule has 0 spiro atoms. The van der Waals surface area contributed by atoms with Crippen LogP contribution in [0.2, 0.25) is 0 Å². The lowest BCUT2D eigenvalue weighted by Crippen LogP contribution is -2.15. The second-order valence-electron chi connectivity index (χ2n) is 8.58. The number of carbonyl (C=O) groups excluding carboxylic acids is 1. The number of hydrogen-bond acceptors (Lipinski definition) is 4. The molecule has 0 saturated carbocycles. The van der Waals surface area contributed by atoms with Crippen LogP contribution in [-0.4, -0.2) is 39.3 Å². The Hall–Kier alpha value is -1.46. The molecule has 0 aliphatic heterocycles. The van der Waals surface area contributed by atoms with Crippen molar-refractivity contribution < 1.29 is 24.9 Å². The van der Waals surface area contributed by atoms with Gasteiger partial charge in [-0.15, -0.1) is 0 Å². The van der Waals surface area contributed by atoms with Gasteiger partial charge >= 0.3 is 5.97 Å². The summed E-state index contributed by atoms with van der Waals surface area (Å²) in [7, 11) is 0. The van der Waals surface area contributed by atoms with Crippen LogP contribution in [0, 0.1) is 11.8 Å². The fraction of sp³-hybridized carbons (Fsp3) is 0.750. The number of hydrogen-bond donors (Lipinski definition) is 3. The maximum Gasteiger partial charge on any atom is 0.303 e. The largest absolute Gasteiger partial charge is 0.481 e. The number of ketones is 1. The van der Waals surface area contributed by atoms with Crippen molar-refractivity contribution in [2.45, 2.75) is 104 Å². The molecule has 1 aliphatic rings. The van der Waals surface area contributed by atoms with Gasteiger partial charge in [-0.3, -0.25) is 9.59 Å². The summed E-state index contributed by atoms with van der Waals surface area (Å²) in [6.07, 6.45) is 11.0. The van der Waals surface area contributed by atoms with E-state index in [0.29, 0.717) is 19.3 Å². The van der Waals surface area contributed by atoms with E-state index in [1.807, 2.05) is 19.9 Å². The summed E-state index contributed by atoms with van der Waals surface area (Å²) in [4.78, 5) is 23.3. The van der Waals surface area contributed by atoms with Crippen molar-refractivity contribution in [1.29, 1.82) is 0 Å². The molecule has 0 heterocycles. The van der Waals surface area contributed by atoms with Crippen LogP contribution in [-0.2, 0) is 9.59 Å². The molecule has 0 amide bonds. The van der Waals surface area contributed by atoms with Gasteiger partial charge in [-0.1, -0.05) is 70.6 Å². The maximum absolute atomic E-state index is 12.7. The van der Waals surface area contributed by atoms with Crippen LogP contribution in [0.5, 0.6) is 0 Å². The molecule has 1 rings (SSSR count). The van der Waals surface area contributed by atoms with Gasteiger partial charge in [0.1, 0.15) is 0 Å². The van der Waals surface area contributed by atoms with E-state index in [9.17, 15) is 19.8 Å². The molecule has 0 radical (unpaired) electrons. The molecule has 29 heavy (non-hydrogen) atoms. The van der Waals surface area contributed by atoms with E-state index in [2.05, 4.69) is 6.92 Å². The lowest BCUT2D eigenvalue weighted by atomic mass is 9.90. The van der Waals surface area contributed by atoms with Gasteiger partial charge in [-0.2, -0.15) is 0 Å². The summed E-state index contributed by atoms with van der Waals surface area (Å²) in [6.45, 7) is 5.89. The first-order valence-corrected chi connectivity index (χ1v) is 11.3. The Bertz CT molecular complexity index is 576. The van der Waals surface area contributed by atoms with Crippen LogP contribution in [0.4, 0.5) is 0 Å². The van der Waals surface area contributed by atoms with Crippen LogP contribution in [0.3, 0.4) is 0 Å². The van der Waals surface area contributed by atoms with E-state index < -0.39 is 18.2 Å². The molecule has 5 nitrogen and oxygen atoms in total. The van der Waals surface area contributed by atoms with Crippen molar-refractivity contribution >= 4 is 11.8 Å². The Labute approximate surface area is 175 Å². The summed E-state index contributed by atoms with van der Waals surface area (Å²) in [5.74, 6) is -0.985. The molecule has 5 heteroatoms. The lowest BCUT2D eigenvalue weighted by molar-refractivity contribution is -0.137. The van der Waals surface area contributed by atoms with Crippen molar-refractivity contribution in [3.8, 4) is 0 Å². The van der Waals surface area contributed by atoms with Crippen LogP contribution >= 0.6 is 0 Å². The molecule has 0 saturated heterocycles. The van der Waals surface area contributed by atoms with Gasteiger partial charge < -0.3 is 15.3 Å². The first-order valence-electron chi connectivity index (χ1n) is 11.3. The molecule has 0 aromatic carbocycles. The fourth-order valence-electron chi connectivity index (χ4n) is 3.96. The van der Waals surface area contributed by atoms with E-state index in [1.54, 1.807) is 6.08 Å². The lowest BCUT2D eigenvalue weighted by Gasteiger charge is -2.16. The minimum absolute atomic E-state index is 0.101. The highest BCUT2D eigenvalue weighted by molar-refractivity contribution is 5.98. The van der Waals surface area contributed by atoms with Crippen LogP contribution in [0.1, 0.15) is 91.4 Å². The highest BCUT2D eigenvalue weighted by Crippen LogP contribution is 2.38. The zero-order valence-electron chi connectivity index (χ0n) is 18.4. The van der Waals surface area contributed by atoms with Gasteiger partial charge in [0.05, 0.1) is 12.2 Å². The quantitative estimate of drug-likeness (QED) is 0.267. The number of rotatable bonds is 15. The average Bonchev–Trinajstić information content (AvgIpc) is 2.97. The molecule has 1 aliphatic carbocycles. The average molecular weight is 409 g/mol. The van der Waals surface area contributed by atoms with Gasteiger partial charge in [0.25, 0.3) is 0 Å². The Morgan fingerprint density at radius 2 is 1.79 bits per heavy atom. The summed E-state index contributed by atoms with van der Waals surface area (Å²) in [5.41, 5.74) is 1.76. The highest BCUT2D eigenvalue weighted by atomic mass is 16.4. The third-order valence-corrected chi connectivity index (χ3v) is 5.67. The van der Waals surface area contributed by atoms with Crippen LogP contribution in [0.25, 0.3) is 0 Å². The minimum atomic E-state index is -0.765. The zero-order chi connectivity index (χ0) is 21.8. The molecule has 0 fully saturated rings. The molecule has 0 unspecified atom stereocenters. The Balaban J connectivity index is 2.77.